The minimum Gasteiger partial charge on any atom is -0.291 e. The third-order valence-corrected chi connectivity index (χ3v) is 5.94. The maximum absolute atomic E-state index is 13.1. The molecule has 0 saturated heterocycles. The maximum atomic E-state index is 13.1. The summed E-state index contributed by atoms with van der Waals surface area (Å²) in [6.45, 7) is 6.20. The molecule has 0 radical (unpaired) electrons. The second-order valence-electron chi connectivity index (χ2n) is 8.06. The molecule has 8 heteroatoms. The number of rotatable bonds is 8. The van der Waals surface area contributed by atoms with E-state index in [1.54, 1.807) is 11.5 Å². The van der Waals surface area contributed by atoms with Gasteiger partial charge in [-0.3, -0.25) is 9.36 Å². The van der Waals surface area contributed by atoms with Crippen LogP contribution in [-0.2, 0) is 13.0 Å². The van der Waals surface area contributed by atoms with E-state index >= 15 is 0 Å². The topological polar surface area (TPSA) is 98.5 Å². The van der Waals surface area contributed by atoms with Crippen LogP contribution in [0.1, 0.15) is 54.9 Å². The summed E-state index contributed by atoms with van der Waals surface area (Å²) in [7, 11) is 0. The fraction of sp³-hybridized carbons (Fsp3) is 0.320. The lowest BCUT2D eigenvalue weighted by Gasteiger charge is -2.10. The number of nitrogens with one attached hydrogen (secondary N) is 1. The van der Waals surface area contributed by atoms with Crippen molar-refractivity contribution in [1.29, 1.82) is 0 Å². The molecule has 8 nitrogen and oxygen atoms in total. The average Bonchev–Trinajstić information content (AvgIpc) is 3.45. The van der Waals surface area contributed by atoms with Gasteiger partial charge in [0.1, 0.15) is 0 Å². The van der Waals surface area contributed by atoms with Crippen LogP contribution in [0.15, 0.2) is 53.3 Å². The summed E-state index contributed by atoms with van der Waals surface area (Å²) in [6, 6.07) is 16.0. The van der Waals surface area contributed by atoms with Crippen molar-refractivity contribution in [2.24, 2.45) is 0 Å². The number of aromatic nitrogens is 6. The van der Waals surface area contributed by atoms with Gasteiger partial charge in [0.05, 0.1) is 6.54 Å². The van der Waals surface area contributed by atoms with Gasteiger partial charge in [-0.05, 0) is 41.7 Å². The van der Waals surface area contributed by atoms with Crippen LogP contribution in [0.3, 0.4) is 0 Å². The standard InChI is InChI=1S/C25H28N6O2/c1-4-6-11-22-17(3)31(23(32)5-2)25(33)30(22)16-18-12-14-19(15-13-18)20-9-7-8-10-21(20)24-26-28-29-27-24/h7-10,12-15H,4-6,11,16H2,1-3H3,(H,26,27,28,29). The Morgan fingerprint density at radius 3 is 2.39 bits per heavy atom. The summed E-state index contributed by atoms with van der Waals surface area (Å²) >= 11 is 0. The van der Waals surface area contributed by atoms with E-state index in [2.05, 4.69) is 27.5 Å². The third kappa shape index (κ3) is 4.41. The van der Waals surface area contributed by atoms with Crippen molar-refractivity contribution < 1.29 is 4.79 Å². The van der Waals surface area contributed by atoms with Crippen molar-refractivity contribution in [2.75, 3.05) is 0 Å². The van der Waals surface area contributed by atoms with Crippen LogP contribution in [0.2, 0.25) is 0 Å². The Bertz CT molecular complexity index is 1300. The van der Waals surface area contributed by atoms with E-state index in [1.807, 2.05) is 55.5 Å². The van der Waals surface area contributed by atoms with Crippen LogP contribution in [0, 0.1) is 6.92 Å². The molecule has 170 valence electrons. The van der Waals surface area contributed by atoms with Crippen LogP contribution in [0.25, 0.3) is 22.5 Å². The van der Waals surface area contributed by atoms with Crippen LogP contribution in [0.5, 0.6) is 0 Å². The minimum absolute atomic E-state index is 0.164. The van der Waals surface area contributed by atoms with E-state index in [4.69, 9.17) is 0 Å². The second kappa shape index (κ2) is 9.77. The van der Waals surface area contributed by atoms with Crippen molar-refractivity contribution in [1.82, 2.24) is 29.8 Å². The van der Waals surface area contributed by atoms with Crippen LogP contribution < -0.4 is 5.69 Å². The van der Waals surface area contributed by atoms with E-state index in [0.717, 1.165) is 52.9 Å². The molecule has 0 saturated carbocycles. The van der Waals surface area contributed by atoms with Crippen molar-refractivity contribution in [3.63, 3.8) is 0 Å². The molecule has 0 aliphatic carbocycles. The first-order chi connectivity index (χ1) is 16.0. The molecule has 0 spiro atoms. The van der Waals surface area contributed by atoms with Crippen molar-refractivity contribution in [2.45, 2.75) is 53.0 Å². The monoisotopic (exact) mass is 444 g/mol. The number of tetrazole rings is 1. The number of unbranched alkanes of at least 4 members (excludes halogenated alkanes) is 1. The van der Waals surface area contributed by atoms with Crippen molar-refractivity contribution >= 4 is 5.91 Å². The fourth-order valence-electron chi connectivity index (χ4n) is 4.16. The zero-order chi connectivity index (χ0) is 23.4. The third-order valence-electron chi connectivity index (χ3n) is 5.94. The highest BCUT2D eigenvalue weighted by Crippen LogP contribution is 2.29. The Hall–Kier alpha value is -3.81. The number of carbonyl (C=O) groups is 1. The van der Waals surface area contributed by atoms with Gasteiger partial charge < -0.3 is 0 Å². The van der Waals surface area contributed by atoms with Gasteiger partial charge in [-0.15, -0.1) is 10.2 Å². The number of benzene rings is 2. The number of H-pyrrole nitrogens is 1. The van der Waals surface area contributed by atoms with Gasteiger partial charge in [0.15, 0.2) is 0 Å². The summed E-state index contributed by atoms with van der Waals surface area (Å²) in [5, 5.41) is 14.4. The summed E-state index contributed by atoms with van der Waals surface area (Å²) in [5.74, 6) is 0.377. The smallest absolute Gasteiger partial charge is 0.291 e. The minimum atomic E-state index is -0.253. The molecule has 4 rings (SSSR count). The molecule has 1 N–H and O–H groups in total. The quantitative estimate of drug-likeness (QED) is 0.438. The second-order valence-corrected chi connectivity index (χ2v) is 8.06. The van der Waals surface area contributed by atoms with E-state index < -0.39 is 0 Å². The van der Waals surface area contributed by atoms with Crippen molar-refractivity contribution in [3.8, 4) is 22.5 Å². The van der Waals surface area contributed by atoms with Gasteiger partial charge in [-0.25, -0.2) is 9.36 Å². The van der Waals surface area contributed by atoms with Crippen LogP contribution >= 0.6 is 0 Å². The summed E-state index contributed by atoms with van der Waals surface area (Å²) in [6.07, 6.45) is 3.07. The Kier molecular flexibility index (Phi) is 6.63. The van der Waals surface area contributed by atoms with Gasteiger partial charge in [0, 0.05) is 23.4 Å². The molecule has 0 unspecified atom stereocenters. The zero-order valence-electron chi connectivity index (χ0n) is 19.2. The normalized spacial score (nSPS) is 11.1. The van der Waals surface area contributed by atoms with Gasteiger partial charge in [-0.2, -0.15) is 5.21 Å². The van der Waals surface area contributed by atoms with E-state index in [0.29, 0.717) is 18.8 Å². The SMILES string of the molecule is CCCCc1c(C)n(C(=O)CC)c(=O)n1Cc1ccc(-c2ccccc2-c2nn[nH]n2)cc1. The van der Waals surface area contributed by atoms with Gasteiger partial charge in [-0.1, -0.05) is 68.8 Å². The van der Waals surface area contributed by atoms with Crippen molar-refractivity contribution in [3.05, 3.63) is 76.0 Å². The molecule has 4 aromatic rings. The molecule has 2 aromatic heterocycles. The van der Waals surface area contributed by atoms with Crippen LogP contribution in [0.4, 0.5) is 0 Å². The zero-order valence-corrected chi connectivity index (χ0v) is 19.2. The van der Waals surface area contributed by atoms with E-state index in [9.17, 15) is 9.59 Å². The molecule has 2 heterocycles. The number of carbonyl (C=O) groups excluding carboxylic acids is 1. The molecule has 0 fully saturated rings. The largest absolute Gasteiger partial charge is 0.335 e. The summed E-state index contributed by atoms with van der Waals surface area (Å²) in [5.41, 5.74) is 5.35. The van der Waals surface area contributed by atoms with E-state index in [-0.39, 0.29) is 11.6 Å². The van der Waals surface area contributed by atoms with Gasteiger partial charge >= 0.3 is 5.69 Å². The molecule has 33 heavy (non-hydrogen) atoms. The molecule has 0 aliphatic rings. The highest BCUT2D eigenvalue weighted by atomic mass is 16.2. The number of hydrogen-bond donors (Lipinski definition) is 1. The highest BCUT2D eigenvalue weighted by Gasteiger charge is 2.20. The molecular formula is C25H28N6O2. The van der Waals surface area contributed by atoms with Gasteiger partial charge in [0.25, 0.3) is 0 Å². The van der Waals surface area contributed by atoms with E-state index in [1.165, 1.54) is 4.57 Å². The molecule has 0 bridgehead atoms. The lowest BCUT2D eigenvalue weighted by atomic mass is 9.98. The number of hydrogen-bond acceptors (Lipinski definition) is 5. The number of aromatic amines is 1. The average molecular weight is 445 g/mol. The predicted octanol–water partition coefficient (Wildman–Crippen LogP) is 4.25. The first kappa shape index (κ1) is 22.4. The summed E-state index contributed by atoms with van der Waals surface area (Å²) < 4.78 is 3.08. The Labute approximate surface area is 192 Å². The van der Waals surface area contributed by atoms with Crippen LogP contribution in [-0.4, -0.2) is 35.7 Å². The molecule has 0 aliphatic heterocycles. The lowest BCUT2D eigenvalue weighted by Crippen LogP contribution is -2.29. The lowest BCUT2D eigenvalue weighted by molar-refractivity contribution is 0.0902. The predicted molar refractivity (Wildman–Crippen MR) is 127 cm³/mol. The molecule has 2 aromatic carbocycles. The number of imidazole rings is 1. The molecule has 0 amide bonds. The fourth-order valence-corrected chi connectivity index (χ4v) is 4.16. The Balaban J connectivity index is 1.67. The summed E-state index contributed by atoms with van der Waals surface area (Å²) in [4.78, 5) is 25.5. The van der Waals surface area contributed by atoms with Gasteiger partial charge in [0.2, 0.25) is 11.7 Å². The molecular weight excluding hydrogens is 416 g/mol. The Morgan fingerprint density at radius 1 is 1.03 bits per heavy atom. The molecule has 0 atom stereocenters. The Morgan fingerprint density at radius 2 is 1.76 bits per heavy atom. The maximum Gasteiger partial charge on any atom is 0.335 e. The highest BCUT2D eigenvalue weighted by molar-refractivity contribution is 5.80. The first-order valence-corrected chi connectivity index (χ1v) is 11.3. The number of nitrogens with zero attached hydrogens (tertiary/aromatic N) is 5. The first-order valence-electron chi connectivity index (χ1n) is 11.3.